The molecule has 1 saturated heterocycles. The highest BCUT2D eigenvalue weighted by molar-refractivity contribution is 5.94. The van der Waals surface area contributed by atoms with Crippen molar-refractivity contribution in [2.75, 3.05) is 31.6 Å². The van der Waals surface area contributed by atoms with Gasteiger partial charge >= 0.3 is 5.69 Å². The van der Waals surface area contributed by atoms with Crippen molar-refractivity contribution in [3.63, 3.8) is 0 Å². The van der Waals surface area contributed by atoms with Crippen LogP contribution in [0.3, 0.4) is 0 Å². The standard InChI is InChI=1S/C24H28N4O3/c29-23-9-7-17-6-8-19(16-21(17)25-23)31-15-3-12-27-13-10-18(11-14-27)28-22-5-2-1-4-20(22)26-24(28)30/h1-2,4-6,8,16,18H,3,7,9-15H2,(H,25,29)(H,26,30). The van der Waals surface area contributed by atoms with E-state index in [-0.39, 0.29) is 17.6 Å². The second-order valence-electron chi connectivity index (χ2n) is 8.46. The maximum Gasteiger partial charge on any atom is 0.326 e. The fraction of sp³-hybridized carbons (Fsp3) is 0.417. The van der Waals surface area contributed by atoms with E-state index in [4.69, 9.17) is 4.74 Å². The fourth-order valence-electron chi connectivity index (χ4n) is 4.76. The summed E-state index contributed by atoms with van der Waals surface area (Å²) >= 11 is 0. The summed E-state index contributed by atoms with van der Waals surface area (Å²) in [6, 6.07) is 14.1. The molecule has 0 spiro atoms. The summed E-state index contributed by atoms with van der Waals surface area (Å²) in [6.45, 7) is 3.61. The molecule has 1 amide bonds. The lowest BCUT2D eigenvalue weighted by Gasteiger charge is -2.32. The van der Waals surface area contributed by atoms with Gasteiger partial charge in [0.2, 0.25) is 5.91 Å². The Labute approximate surface area is 181 Å². The number of H-pyrrole nitrogens is 1. The second kappa shape index (κ2) is 8.59. The SMILES string of the molecule is O=C1CCc2ccc(OCCCN3CCC(n4c(=O)[nH]c5ccccc54)CC3)cc2N1. The Hall–Kier alpha value is -3.06. The number of piperidine rings is 1. The van der Waals surface area contributed by atoms with Crippen LogP contribution in [0.1, 0.15) is 37.3 Å². The lowest BCUT2D eigenvalue weighted by molar-refractivity contribution is -0.116. The number of aryl methyl sites for hydroxylation is 1. The van der Waals surface area contributed by atoms with E-state index in [1.807, 2.05) is 47.0 Å². The molecule has 0 unspecified atom stereocenters. The molecule has 0 radical (unpaired) electrons. The number of hydrogen-bond donors (Lipinski definition) is 2. The third kappa shape index (κ3) is 4.23. The van der Waals surface area contributed by atoms with Gasteiger partial charge in [0.1, 0.15) is 5.75 Å². The van der Waals surface area contributed by atoms with Gasteiger partial charge in [-0.25, -0.2) is 4.79 Å². The first kappa shape index (κ1) is 19.9. The molecule has 2 aliphatic heterocycles. The number of ether oxygens (including phenoxy) is 1. The number of imidazole rings is 1. The topological polar surface area (TPSA) is 79.4 Å². The number of hydrogen-bond acceptors (Lipinski definition) is 4. The Morgan fingerprint density at radius 3 is 2.74 bits per heavy atom. The van der Waals surface area contributed by atoms with Crippen LogP contribution in [-0.4, -0.2) is 46.6 Å². The van der Waals surface area contributed by atoms with Gasteiger partial charge in [-0.15, -0.1) is 0 Å². The molecule has 0 aliphatic carbocycles. The fourth-order valence-corrected chi connectivity index (χ4v) is 4.76. The molecule has 3 heterocycles. The summed E-state index contributed by atoms with van der Waals surface area (Å²) in [5.74, 6) is 0.876. The highest BCUT2D eigenvalue weighted by Gasteiger charge is 2.23. The van der Waals surface area contributed by atoms with Crippen LogP contribution in [0.2, 0.25) is 0 Å². The number of nitrogens with zero attached hydrogens (tertiary/aromatic N) is 2. The maximum atomic E-state index is 12.4. The predicted octanol–water partition coefficient (Wildman–Crippen LogP) is 3.32. The molecule has 0 atom stereocenters. The van der Waals surface area contributed by atoms with Crippen molar-refractivity contribution in [2.45, 2.75) is 38.1 Å². The van der Waals surface area contributed by atoms with E-state index < -0.39 is 0 Å². The molecule has 1 aromatic heterocycles. The largest absolute Gasteiger partial charge is 0.493 e. The van der Waals surface area contributed by atoms with Gasteiger partial charge in [-0.2, -0.15) is 0 Å². The summed E-state index contributed by atoms with van der Waals surface area (Å²) < 4.78 is 7.85. The Kier molecular flexibility index (Phi) is 5.51. The molecule has 2 aliphatic rings. The van der Waals surface area contributed by atoms with Crippen LogP contribution >= 0.6 is 0 Å². The minimum Gasteiger partial charge on any atom is -0.493 e. The third-order valence-corrected chi connectivity index (χ3v) is 6.41. The number of amides is 1. The first-order valence-electron chi connectivity index (χ1n) is 11.1. The van der Waals surface area contributed by atoms with E-state index in [0.717, 1.165) is 67.8 Å². The number of rotatable bonds is 6. The smallest absolute Gasteiger partial charge is 0.326 e. The van der Waals surface area contributed by atoms with Crippen molar-refractivity contribution >= 4 is 22.6 Å². The molecule has 7 heteroatoms. The highest BCUT2D eigenvalue weighted by Crippen LogP contribution is 2.27. The first-order valence-corrected chi connectivity index (χ1v) is 11.1. The number of likely N-dealkylation sites (tertiary alicyclic amines) is 1. The van der Waals surface area contributed by atoms with Crippen LogP contribution in [-0.2, 0) is 11.2 Å². The van der Waals surface area contributed by atoms with E-state index in [1.54, 1.807) is 0 Å². The first-order chi connectivity index (χ1) is 15.2. The number of carbonyl (C=O) groups excluding carboxylic acids is 1. The Morgan fingerprint density at radius 2 is 1.87 bits per heavy atom. The van der Waals surface area contributed by atoms with Gasteiger partial charge in [-0.05, 0) is 49.4 Å². The van der Waals surface area contributed by atoms with Gasteiger partial charge < -0.3 is 19.9 Å². The van der Waals surface area contributed by atoms with Gasteiger partial charge in [0.05, 0.1) is 17.6 Å². The van der Waals surface area contributed by atoms with Crippen molar-refractivity contribution in [3.8, 4) is 5.75 Å². The summed E-state index contributed by atoms with van der Waals surface area (Å²) in [4.78, 5) is 29.4. The number of aromatic amines is 1. The summed E-state index contributed by atoms with van der Waals surface area (Å²) in [5, 5.41) is 2.92. The van der Waals surface area contributed by atoms with E-state index >= 15 is 0 Å². The van der Waals surface area contributed by atoms with E-state index in [1.165, 1.54) is 5.56 Å². The van der Waals surface area contributed by atoms with Gasteiger partial charge in [0.25, 0.3) is 0 Å². The lowest BCUT2D eigenvalue weighted by atomic mass is 10.0. The molecule has 162 valence electrons. The van der Waals surface area contributed by atoms with Crippen LogP contribution in [0, 0.1) is 0 Å². The number of fused-ring (bicyclic) bond motifs is 2. The van der Waals surface area contributed by atoms with Crippen molar-refractivity contribution in [1.82, 2.24) is 14.5 Å². The number of anilines is 1. The van der Waals surface area contributed by atoms with Gasteiger partial charge in [0, 0.05) is 43.9 Å². The molecular weight excluding hydrogens is 392 g/mol. The van der Waals surface area contributed by atoms with Crippen molar-refractivity contribution in [2.24, 2.45) is 0 Å². The summed E-state index contributed by atoms with van der Waals surface area (Å²) in [6.07, 6.45) is 4.25. The lowest BCUT2D eigenvalue weighted by Crippen LogP contribution is -2.37. The predicted molar refractivity (Wildman–Crippen MR) is 121 cm³/mol. The minimum absolute atomic E-state index is 0.00529. The molecule has 3 aromatic rings. The molecule has 31 heavy (non-hydrogen) atoms. The molecule has 0 bridgehead atoms. The molecule has 1 fully saturated rings. The van der Waals surface area contributed by atoms with Crippen LogP contribution in [0.25, 0.3) is 11.0 Å². The van der Waals surface area contributed by atoms with E-state index in [2.05, 4.69) is 15.2 Å². The molecule has 0 saturated carbocycles. The second-order valence-corrected chi connectivity index (χ2v) is 8.46. The minimum atomic E-state index is -0.00529. The average molecular weight is 421 g/mol. The zero-order valence-corrected chi connectivity index (χ0v) is 17.6. The Balaban J connectivity index is 1.09. The third-order valence-electron chi connectivity index (χ3n) is 6.41. The number of carbonyl (C=O) groups is 1. The quantitative estimate of drug-likeness (QED) is 0.600. The van der Waals surface area contributed by atoms with Crippen LogP contribution < -0.4 is 15.7 Å². The van der Waals surface area contributed by atoms with Crippen molar-refractivity contribution < 1.29 is 9.53 Å². The normalized spacial score (nSPS) is 17.5. The summed E-state index contributed by atoms with van der Waals surface area (Å²) in [5.41, 5.74) is 3.95. The number of benzene rings is 2. The maximum absolute atomic E-state index is 12.4. The van der Waals surface area contributed by atoms with Crippen LogP contribution in [0.5, 0.6) is 5.75 Å². The van der Waals surface area contributed by atoms with Crippen molar-refractivity contribution in [1.29, 1.82) is 0 Å². The number of aromatic nitrogens is 2. The van der Waals surface area contributed by atoms with Gasteiger partial charge in [0.15, 0.2) is 0 Å². The molecule has 2 aromatic carbocycles. The van der Waals surface area contributed by atoms with E-state index in [0.29, 0.717) is 13.0 Å². The van der Waals surface area contributed by atoms with Crippen LogP contribution in [0.15, 0.2) is 47.3 Å². The number of nitrogens with one attached hydrogen (secondary N) is 2. The zero-order chi connectivity index (χ0) is 21.2. The summed E-state index contributed by atoms with van der Waals surface area (Å²) in [7, 11) is 0. The zero-order valence-electron chi connectivity index (χ0n) is 17.6. The Bertz CT molecular complexity index is 1140. The molecular formula is C24H28N4O3. The van der Waals surface area contributed by atoms with E-state index in [9.17, 15) is 9.59 Å². The van der Waals surface area contributed by atoms with Gasteiger partial charge in [-0.3, -0.25) is 9.36 Å². The molecule has 5 rings (SSSR count). The molecule has 2 N–H and O–H groups in total. The Morgan fingerprint density at radius 1 is 1.03 bits per heavy atom. The monoisotopic (exact) mass is 420 g/mol. The average Bonchev–Trinajstić information content (AvgIpc) is 3.12. The molecule has 7 nitrogen and oxygen atoms in total. The number of para-hydroxylation sites is 2. The van der Waals surface area contributed by atoms with Gasteiger partial charge in [-0.1, -0.05) is 18.2 Å². The highest BCUT2D eigenvalue weighted by atomic mass is 16.5. The van der Waals surface area contributed by atoms with Crippen LogP contribution in [0.4, 0.5) is 5.69 Å². The van der Waals surface area contributed by atoms with Crippen molar-refractivity contribution in [3.05, 3.63) is 58.5 Å².